The number of carbonyl (C=O) groups is 1. The lowest BCUT2D eigenvalue weighted by Crippen LogP contribution is -2.55. The topological polar surface area (TPSA) is 104 Å². The zero-order valence-electron chi connectivity index (χ0n) is 16.0. The normalized spacial score (nSPS) is 19.6. The van der Waals surface area contributed by atoms with E-state index >= 15 is 0 Å². The molecule has 1 aromatic carbocycles. The first-order valence-corrected chi connectivity index (χ1v) is 12.4. The molecule has 0 aromatic heterocycles. The van der Waals surface area contributed by atoms with Crippen molar-refractivity contribution in [2.75, 3.05) is 58.7 Å². The summed E-state index contributed by atoms with van der Waals surface area (Å²) >= 11 is 0. The molecular weight excluding hydrogens is 406 g/mol. The van der Waals surface area contributed by atoms with E-state index in [1.54, 1.807) is 16.7 Å². The van der Waals surface area contributed by atoms with Crippen LogP contribution in [0.2, 0.25) is 0 Å². The number of morpholine rings is 1. The van der Waals surface area contributed by atoms with Gasteiger partial charge in [-0.25, -0.2) is 21.6 Å². The van der Waals surface area contributed by atoms with Gasteiger partial charge in [0.2, 0.25) is 10.0 Å². The number of hydrogen-bond acceptors (Lipinski definition) is 6. The highest BCUT2D eigenvalue weighted by Gasteiger charge is 2.33. The monoisotopic (exact) mass is 431 g/mol. The molecule has 2 aliphatic rings. The van der Waals surface area contributed by atoms with E-state index in [4.69, 9.17) is 4.74 Å². The number of carbonyl (C=O) groups excluding carboxylic acids is 1. The van der Waals surface area contributed by atoms with E-state index in [1.807, 2.05) is 0 Å². The minimum Gasteiger partial charge on any atom is -0.378 e. The van der Waals surface area contributed by atoms with Gasteiger partial charge in [0.15, 0.2) is 9.84 Å². The van der Waals surface area contributed by atoms with E-state index in [-0.39, 0.29) is 28.9 Å². The van der Waals surface area contributed by atoms with Crippen molar-refractivity contribution in [1.29, 1.82) is 0 Å². The van der Waals surface area contributed by atoms with Crippen molar-refractivity contribution in [1.82, 2.24) is 14.1 Å². The van der Waals surface area contributed by atoms with E-state index in [0.29, 0.717) is 45.0 Å². The molecule has 0 aliphatic carbocycles. The first-order chi connectivity index (χ1) is 13.1. The number of amides is 2. The molecule has 2 aliphatic heterocycles. The van der Waals surface area contributed by atoms with Crippen molar-refractivity contribution in [3.63, 3.8) is 0 Å². The molecule has 0 bridgehead atoms. The van der Waals surface area contributed by atoms with Gasteiger partial charge in [0.1, 0.15) is 0 Å². The maximum atomic E-state index is 13.1. The SMILES string of the molecule is Cc1ccc(S(C)(=O)=O)cc1S(=O)(=O)N1CCN(C(=O)N2CCOCC2)CC1. The second-order valence-corrected chi connectivity index (χ2v) is 10.9. The average molecular weight is 432 g/mol. The van der Waals surface area contributed by atoms with Crippen LogP contribution in [-0.2, 0) is 24.6 Å². The molecule has 28 heavy (non-hydrogen) atoms. The summed E-state index contributed by atoms with van der Waals surface area (Å²) in [5.41, 5.74) is 0.485. The summed E-state index contributed by atoms with van der Waals surface area (Å²) in [5, 5.41) is 0. The van der Waals surface area contributed by atoms with Gasteiger partial charge in [-0.2, -0.15) is 4.31 Å². The first kappa shape index (κ1) is 21.0. The summed E-state index contributed by atoms with van der Waals surface area (Å²) in [6.07, 6.45) is 1.05. The quantitative estimate of drug-likeness (QED) is 0.675. The number of sulfone groups is 1. The fraction of sp³-hybridized carbons (Fsp3) is 0.588. The standard InChI is InChI=1S/C17H25N3O6S2/c1-14-3-4-15(27(2,22)23)13-16(14)28(24,25)20-7-5-18(6-8-20)17(21)19-9-11-26-12-10-19/h3-4,13H,5-12H2,1-2H3. The van der Waals surface area contributed by atoms with Gasteiger partial charge in [-0.3, -0.25) is 0 Å². The second-order valence-electron chi connectivity index (χ2n) is 6.97. The lowest BCUT2D eigenvalue weighted by atomic mass is 10.2. The smallest absolute Gasteiger partial charge is 0.320 e. The van der Waals surface area contributed by atoms with Crippen LogP contribution in [0.1, 0.15) is 5.56 Å². The Balaban J connectivity index is 1.74. The highest BCUT2D eigenvalue weighted by molar-refractivity contribution is 7.91. The van der Waals surface area contributed by atoms with Crippen LogP contribution in [0.3, 0.4) is 0 Å². The Kier molecular flexibility index (Phi) is 5.99. The Morgan fingerprint density at radius 3 is 2.07 bits per heavy atom. The zero-order chi connectivity index (χ0) is 20.5. The molecule has 0 spiro atoms. The number of urea groups is 1. The van der Waals surface area contributed by atoms with Crippen molar-refractivity contribution >= 4 is 25.9 Å². The number of benzene rings is 1. The zero-order valence-corrected chi connectivity index (χ0v) is 17.6. The lowest BCUT2D eigenvalue weighted by molar-refractivity contribution is 0.0405. The van der Waals surface area contributed by atoms with Crippen molar-refractivity contribution in [3.8, 4) is 0 Å². The van der Waals surface area contributed by atoms with Gasteiger partial charge < -0.3 is 14.5 Å². The summed E-state index contributed by atoms with van der Waals surface area (Å²) in [4.78, 5) is 15.9. The number of piperazine rings is 1. The van der Waals surface area contributed by atoms with Crippen LogP contribution in [-0.4, -0.2) is 95.7 Å². The fourth-order valence-corrected chi connectivity index (χ4v) is 5.70. The number of ether oxygens (including phenoxy) is 1. The maximum Gasteiger partial charge on any atom is 0.320 e. The van der Waals surface area contributed by atoms with Crippen LogP contribution in [0.25, 0.3) is 0 Å². The Bertz CT molecular complexity index is 947. The second kappa shape index (κ2) is 7.97. The number of nitrogens with zero attached hydrogens (tertiary/aromatic N) is 3. The third kappa shape index (κ3) is 4.32. The minimum atomic E-state index is -3.85. The van der Waals surface area contributed by atoms with E-state index in [9.17, 15) is 21.6 Å². The molecule has 0 unspecified atom stereocenters. The van der Waals surface area contributed by atoms with Crippen LogP contribution in [0, 0.1) is 6.92 Å². The van der Waals surface area contributed by atoms with E-state index in [0.717, 1.165) is 6.26 Å². The van der Waals surface area contributed by atoms with Gasteiger partial charge in [-0.1, -0.05) is 6.07 Å². The third-order valence-electron chi connectivity index (χ3n) is 5.00. The third-order valence-corrected chi connectivity index (χ3v) is 8.15. The van der Waals surface area contributed by atoms with Gasteiger partial charge in [0.25, 0.3) is 0 Å². The number of rotatable bonds is 3. The van der Waals surface area contributed by atoms with Gasteiger partial charge >= 0.3 is 6.03 Å². The molecule has 9 nitrogen and oxygen atoms in total. The predicted octanol–water partition coefficient (Wildman–Crippen LogP) is 0.157. The predicted molar refractivity (Wildman–Crippen MR) is 102 cm³/mol. The molecule has 2 saturated heterocycles. The van der Waals surface area contributed by atoms with Crippen LogP contribution in [0.15, 0.2) is 28.0 Å². The number of hydrogen-bond donors (Lipinski definition) is 0. The highest BCUT2D eigenvalue weighted by Crippen LogP contribution is 2.24. The molecule has 1 aromatic rings. The minimum absolute atomic E-state index is 0.0108. The molecule has 11 heteroatoms. The summed E-state index contributed by atoms with van der Waals surface area (Å²) < 4.78 is 56.3. The highest BCUT2D eigenvalue weighted by atomic mass is 32.2. The Labute approximate surface area is 165 Å². The van der Waals surface area contributed by atoms with Crippen molar-refractivity contribution in [2.24, 2.45) is 0 Å². The van der Waals surface area contributed by atoms with Crippen molar-refractivity contribution < 1.29 is 26.4 Å². The van der Waals surface area contributed by atoms with Gasteiger partial charge in [0.05, 0.1) is 23.0 Å². The van der Waals surface area contributed by atoms with E-state index in [1.165, 1.54) is 22.5 Å². The molecule has 156 valence electrons. The number of sulfonamides is 1. The Morgan fingerprint density at radius 2 is 1.50 bits per heavy atom. The lowest BCUT2D eigenvalue weighted by Gasteiger charge is -2.38. The summed E-state index contributed by atoms with van der Waals surface area (Å²) in [6.45, 7) is 4.65. The van der Waals surface area contributed by atoms with Crippen LogP contribution >= 0.6 is 0 Å². The van der Waals surface area contributed by atoms with E-state index in [2.05, 4.69) is 0 Å². The van der Waals surface area contributed by atoms with Crippen molar-refractivity contribution in [3.05, 3.63) is 23.8 Å². The van der Waals surface area contributed by atoms with Crippen molar-refractivity contribution in [2.45, 2.75) is 16.7 Å². The van der Waals surface area contributed by atoms with Crippen LogP contribution in [0.4, 0.5) is 4.79 Å². The average Bonchev–Trinajstić information content (AvgIpc) is 2.67. The summed E-state index contributed by atoms with van der Waals surface area (Å²) in [7, 11) is -7.37. The summed E-state index contributed by atoms with van der Waals surface area (Å²) in [5.74, 6) is 0. The van der Waals surface area contributed by atoms with Gasteiger partial charge in [0, 0.05) is 45.5 Å². The molecule has 2 amide bonds. The maximum absolute atomic E-state index is 13.1. The van der Waals surface area contributed by atoms with E-state index < -0.39 is 19.9 Å². The Morgan fingerprint density at radius 1 is 0.929 bits per heavy atom. The molecule has 2 heterocycles. The number of aryl methyl sites for hydroxylation is 1. The molecular formula is C17H25N3O6S2. The molecule has 0 atom stereocenters. The van der Waals surface area contributed by atoms with Gasteiger partial charge in [-0.05, 0) is 24.6 Å². The first-order valence-electron chi connectivity index (χ1n) is 9.03. The molecule has 2 fully saturated rings. The molecule has 0 radical (unpaired) electrons. The molecule has 3 rings (SSSR count). The fourth-order valence-electron chi connectivity index (χ4n) is 3.30. The largest absolute Gasteiger partial charge is 0.378 e. The van der Waals surface area contributed by atoms with Crippen LogP contribution in [0.5, 0.6) is 0 Å². The summed E-state index contributed by atoms with van der Waals surface area (Å²) in [6, 6.07) is 4.02. The molecule has 0 saturated carbocycles. The van der Waals surface area contributed by atoms with Gasteiger partial charge in [-0.15, -0.1) is 0 Å². The molecule has 0 N–H and O–H groups in total. The Hall–Kier alpha value is -1.69. The van der Waals surface area contributed by atoms with Crippen LogP contribution < -0.4 is 0 Å².